The summed E-state index contributed by atoms with van der Waals surface area (Å²) in [4.78, 5) is 10.2. The van der Waals surface area contributed by atoms with Crippen molar-refractivity contribution in [1.82, 2.24) is 4.13 Å². The molecule has 0 bridgehead atoms. The van der Waals surface area contributed by atoms with E-state index in [-0.39, 0.29) is 41.9 Å². The average molecular weight is 586 g/mol. The molecular weight excluding hydrogens is 561 g/mol. The maximum absolute atomic E-state index is 12.2. The van der Waals surface area contributed by atoms with Gasteiger partial charge in [-0.05, 0) is 67.1 Å². The van der Waals surface area contributed by atoms with Gasteiger partial charge in [-0.25, -0.2) is 16.8 Å². The first-order valence-corrected chi connectivity index (χ1v) is 14.3. The summed E-state index contributed by atoms with van der Waals surface area (Å²) >= 11 is 0. The fourth-order valence-corrected chi connectivity index (χ4v) is 5.62. The van der Waals surface area contributed by atoms with Gasteiger partial charge in [0.05, 0.1) is 34.1 Å². The van der Waals surface area contributed by atoms with Gasteiger partial charge >= 0.3 is 29.6 Å². The van der Waals surface area contributed by atoms with Gasteiger partial charge in [0.1, 0.15) is 11.4 Å². The van der Waals surface area contributed by atoms with Crippen LogP contribution in [0, 0.1) is 17.0 Å². The van der Waals surface area contributed by atoms with Gasteiger partial charge in [-0.3, -0.25) is 10.1 Å². The summed E-state index contributed by atoms with van der Waals surface area (Å²) in [5, 5.41) is 33.9. The molecule has 0 aliphatic rings. The molecule has 13 nitrogen and oxygen atoms in total. The molecule has 0 radical (unpaired) electrons. The van der Waals surface area contributed by atoms with E-state index in [2.05, 4.69) is 15.5 Å². The smallest absolute Gasteiger partial charge is 0.850 e. The monoisotopic (exact) mass is 585 g/mol. The Bertz CT molecular complexity index is 1580. The summed E-state index contributed by atoms with van der Waals surface area (Å²) in [6.07, 6.45) is -0.180. The predicted octanol–water partition coefficient (Wildman–Crippen LogP) is 0.432. The number of nitro groups is 1. The van der Waals surface area contributed by atoms with Crippen LogP contribution in [-0.2, 0) is 20.0 Å². The van der Waals surface area contributed by atoms with Crippen molar-refractivity contribution in [2.24, 2.45) is 10.2 Å². The van der Waals surface area contributed by atoms with Crippen LogP contribution in [0.15, 0.2) is 75.8 Å². The molecule has 2 N–H and O–H groups in total. The standard InChI is InChI=1S/C23H24N5O8S2.Na/c1-15-12-19(8-11-23(15)36-14-16(2)29)26-25-18-6-4-17(5-7-18)24-21-10-9-20(13-22(21)28(30)31)38(34,35)27-37(3,32)33;/h4-13,16,24,27H,14H2,1-3H3;/q-1;+1. The third-order valence-electron chi connectivity index (χ3n) is 4.80. The van der Waals surface area contributed by atoms with E-state index >= 15 is 0 Å². The zero-order chi connectivity index (χ0) is 28.1. The summed E-state index contributed by atoms with van der Waals surface area (Å²) in [7, 11) is -8.64. The van der Waals surface area contributed by atoms with Crippen molar-refractivity contribution in [3.63, 3.8) is 0 Å². The van der Waals surface area contributed by atoms with Crippen molar-refractivity contribution in [3.8, 4) is 5.75 Å². The Balaban J connectivity index is 0.00000533. The second kappa shape index (κ2) is 13.4. The number of rotatable bonds is 11. The number of anilines is 2. The van der Waals surface area contributed by atoms with Crippen LogP contribution in [0.1, 0.15) is 12.5 Å². The molecule has 202 valence electrons. The Labute approximate surface area is 247 Å². The van der Waals surface area contributed by atoms with Crippen LogP contribution in [-0.4, -0.2) is 40.7 Å². The second-order valence-electron chi connectivity index (χ2n) is 8.24. The normalized spacial score (nSPS) is 12.5. The summed E-state index contributed by atoms with van der Waals surface area (Å²) in [6.45, 7) is 3.41. The Kier molecular flexibility index (Phi) is 11.1. The molecule has 3 aromatic rings. The Morgan fingerprint density at radius 2 is 1.59 bits per heavy atom. The fraction of sp³-hybridized carbons (Fsp3) is 0.217. The van der Waals surface area contributed by atoms with Crippen molar-refractivity contribution >= 4 is 48.5 Å². The van der Waals surface area contributed by atoms with E-state index < -0.39 is 41.7 Å². The van der Waals surface area contributed by atoms with Crippen LogP contribution in [0.25, 0.3) is 0 Å². The van der Waals surface area contributed by atoms with Gasteiger partial charge in [0, 0.05) is 11.8 Å². The molecule has 0 aromatic heterocycles. The zero-order valence-corrected chi connectivity index (χ0v) is 25.1. The molecule has 0 amide bonds. The predicted molar refractivity (Wildman–Crippen MR) is 138 cm³/mol. The van der Waals surface area contributed by atoms with Crippen LogP contribution in [0.3, 0.4) is 0 Å². The molecule has 16 heteroatoms. The molecule has 39 heavy (non-hydrogen) atoms. The van der Waals surface area contributed by atoms with E-state index in [1.807, 2.05) is 6.92 Å². The van der Waals surface area contributed by atoms with E-state index in [0.717, 1.165) is 23.8 Å². The number of nitrogens with zero attached hydrogens (tertiary/aromatic N) is 3. The first kappa shape index (κ1) is 32.3. The van der Waals surface area contributed by atoms with Crippen LogP contribution in [0.4, 0.5) is 28.4 Å². The number of ether oxygens (including phenoxy) is 1. The first-order valence-electron chi connectivity index (χ1n) is 10.9. The largest absolute Gasteiger partial charge is 1.00 e. The molecule has 0 saturated carbocycles. The van der Waals surface area contributed by atoms with Crippen molar-refractivity contribution in [3.05, 3.63) is 76.3 Å². The van der Waals surface area contributed by atoms with Gasteiger partial charge < -0.3 is 15.2 Å². The number of aryl methyl sites for hydroxylation is 1. The average Bonchev–Trinajstić information content (AvgIpc) is 2.81. The molecule has 3 rings (SSSR count). The van der Waals surface area contributed by atoms with Gasteiger partial charge in [0.25, 0.3) is 15.7 Å². The third-order valence-corrected chi connectivity index (χ3v) is 7.76. The number of benzene rings is 3. The van der Waals surface area contributed by atoms with Gasteiger partial charge in [-0.1, -0.05) is 13.0 Å². The number of sulfonamides is 2. The van der Waals surface area contributed by atoms with Gasteiger partial charge in [-0.15, -0.1) is 4.13 Å². The van der Waals surface area contributed by atoms with Crippen molar-refractivity contribution < 1.29 is 61.2 Å². The van der Waals surface area contributed by atoms with Crippen molar-refractivity contribution in [2.45, 2.75) is 24.8 Å². The van der Waals surface area contributed by atoms with Crippen LogP contribution in [0.5, 0.6) is 5.75 Å². The summed E-state index contributed by atoms with van der Waals surface area (Å²) < 4.78 is 54.0. The van der Waals surface area contributed by atoms with Crippen LogP contribution < -0.4 is 48.8 Å². The van der Waals surface area contributed by atoms with Gasteiger partial charge in [-0.2, -0.15) is 10.2 Å². The molecule has 0 aliphatic heterocycles. The molecular formula is C23H24N5NaO8S2. The number of hydrogen-bond donors (Lipinski definition) is 2. The van der Waals surface area contributed by atoms with Crippen LogP contribution >= 0.6 is 0 Å². The number of nitrogens with one attached hydrogen (secondary N) is 2. The Morgan fingerprint density at radius 3 is 2.15 bits per heavy atom. The minimum atomic E-state index is -4.52. The minimum Gasteiger partial charge on any atom is -0.850 e. The number of hydrogen-bond acceptors (Lipinski definition) is 11. The number of azo groups is 1. The SMILES string of the molecule is Cc1cc(N=Nc2ccc(Nc3ccc(S(=O)(=O)NS(C)(=O)=O)cc3[N+](=O)[O-])cc2)ccc1OCC(C)[O-].[Na+]. The minimum absolute atomic E-state index is 0. The van der Waals surface area contributed by atoms with E-state index in [4.69, 9.17) is 4.74 Å². The maximum atomic E-state index is 12.2. The van der Waals surface area contributed by atoms with Crippen LogP contribution in [0.2, 0.25) is 0 Å². The van der Waals surface area contributed by atoms with Crippen molar-refractivity contribution in [1.29, 1.82) is 0 Å². The first-order chi connectivity index (χ1) is 17.7. The molecule has 1 atom stereocenters. The van der Waals surface area contributed by atoms with Gasteiger partial charge in [0.2, 0.25) is 10.0 Å². The quantitative estimate of drug-likeness (QED) is 0.139. The van der Waals surface area contributed by atoms with Gasteiger partial charge in [0.15, 0.2) is 0 Å². The summed E-state index contributed by atoms with van der Waals surface area (Å²) in [5.74, 6) is 0.591. The molecule has 0 aliphatic carbocycles. The fourth-order valence-electron chi connectivity index (χ4n) is 3.13. The Morgan fingerprint density at radius 1 is 0.974 bits per heavy atom. The van der Waals surface area contributed by atoms with E-state index in [1.54, 1.807) is 42.5 Å². The van der Waals surface area contributed by atoms with E-state index in [9.17, 15) is 32.1 Å². The van der Waals surface area contributed by atoms with Crippen molar-refractivity contribution in [2.75, 3.05) is 18.2 Å². The second-order valence-corrected chi connectivity index (χ2v) is 11.9. The molecule has 0 spiro atoms. The summed E-state index contributed by atoms with van der Waals surface area (Å²) in [5.41, 5.74) is 1.74. The molecule has 0 fully saturated rings. The topological polar surface area (TPSA) is 192 Å². The molecule has 1 unspecified atom stereocenters. The summed E-state index contributed by atoms with van der Waals surface area (Å²) in [6, 6.07) is 14.6. The molecule has 3 aromatic carbocycles. The third kappa shape index (κ3) is 9.65. The van der Waals surface area contributed by atoms with E-state index in [1.165, 1.54) is 11.1 Å². The molecule has 0 heterocycles. The Hall–Kier alpha value is -2.92. The maximum Gasteiger partial charge on any atom is 1.00 e. The zero-order valence-electron chi connectivity index (χ0n) is 21.5. The molecule has 0 saturated heterocycles. The number of nitro benzene ring substituents is 1. The van der Waals surface area contributed by atoms with E-state index in [0.29, 0.717) is 29.1 Å².